The number of nitrogens with one attached hydrogen (secondary N) is 1. The summed E-state index contributed by atoms with van der Waals surface area (Å²) in [6.45, 7) is 1.21. The Bertz CT molecular complexity index is 579. The molecule has 1 aromatic rings. The van der Waals surface area contributed by atoms with Crippen LogP contribution in [-0.4, -0.2) is 30.6 Å². The second-order valence-electron chi connectivity index (χ2n) is 6.10. The minimum Gasteiger partial charge on any atom is -0.453 e. The van der Waals surface area contributed by atoms with Gasteiger partial charge in [0.15, 0.2) is 0 Å². The molecule has 0 atom stereocenters. The van der Waals surface area contributed by atoms with E-state index >= 15 is 0 Å². The molecule has 0 spiro atoms. The Morgan fingerprint density at radius 3 is 2.73 bits per heavy atom. The smallest absolute Gasteiger partial charge is 0.409 e. The van der Waals surface area contributed by atoms with Crippen molar-refractivity contribution < 1.29 is 14.3 Å². The maximum atomic E-state index is 12.2. The normalized spacial score (nSPS) is 18.0. The number of nitrogens with zero attached hydrogens (tertiary/aromatic N) is 1. The van der Waals surface area contributed by atoms with Crippen LogP contribution in [0.25, 0.3) is 0 Å². The van der Waals surface area contributed by atoms with E-state index in [0.29, 0.717) is 13.1 Å². The summed E-state index contributed by atoms with van der Waals surface area (Å²) in [4.78, 5) is 25.5. The largest absolute Gasteiger partial charge is 0.453 e. The first-order chi connectivity index (χ1) is 10.7. The van der Waals surface area contributed by atoms with Crippen LogP contribution in [0.4, 0.5) is 10.5 Å². The van der Waals surface area contributed by atoms with Crippen molar-refractivity contribution in [1.82, 2.24) is 4.90 Å². The highest BCUT2D eigenvalue weighted by atomic mass is 16.5. The molecule has 1 aromatic carbocycles. The fourth-order valence-electron chi connectivity index (χ4n) is 3.35. The van der Waals surface area contributed by atoms with Gasteiger partial charge in [-0.05, 0) is 42.5 Å². The van der Waals surface area contributed by atoms with Crippen molar-refractivity contribution >= 4 is 17.7 Å². The highest BCUT2D eigenvalue weighted by Crippen LogP contribution is 2.27. The average molecular weight is 302 g/mol. The third kappa shape index (κ3) is 3.08. The molecule has 1 heterocycles. The van der Waals surface area contributed by atoms with Gasteiger partial charge in [0.05, 0.1) is 7.11 Å². The SMILES string of the molecule is COC(=O)N1CCc2ccc(NC(=O)C3CCCC3)cc2C1. The molecular weight excluding hydrogens is 280 g/mol. The van der Waals surface area contributed by atoms with Crippen LogP contribution in [0.1, 0.15) is 36.8 Å². The van der Waals surface area contributed by atoms with E-state index in [9.17, 15) is 9.59 Å². The Morgan fingerprint density at radius 1 is 1.23 bits per heavy atom. The molecule has 22 heavy (non-hydrogen) atoms. The Kier molecular flexibility index (Phi) is 4.32. The minimum atomic E-state index is -0.300. The van der Waals surface area contributed by atoms with Gasteiger partial charge in [-0.1, -0.05) is 18.9 Å². The number of hydrogen-bond acceptors (Lipinski definition) is 3. The number of hydrogen-bond donors (Lipinski definition) is 1. The van der Waals surface area contributed by atoms with Crippen LogP contribution in [0.3, 0.4) is 0 Å². The maximum Gasteiger partial charge on any atom is 0.409 e. The third-order valence-electron chi connectivity index (χ3n) is 4.64. The molecule has 1 fully saturated rings. The number of fused-ring (bicyclic) bond motifs is 1. The summed E-state index contributed by atoms with van der Waals surface area (Å²) < 4.78 is 4.78. The molecule has 0 unspecified atom stereocenters. The number of amides is 2. The summed E-state index contributed by atoms with van der Waals surface area (Å²) >= 11 is 0. The van der Waals surface area contributed by atoms with Crippen molar-refractivity contribution in [3.8, 4) is 0 Å². The topological polar surface area (TPSA) is 58.6 Å². The molecule has 1 aliphatic heterocycles. The van der Waals surface area contributed by atoms with Crippen molar-refractivity contribution in [2.75, 3.05) is 19.0 Å². The fraction of sp³-hybridized carbons (Fsp3) is 0.529. The quantitative estimate of drug-likeness (QED) is 0.913. The van der Waals surface area contributed by atoms with Crippen LogP contribution < -0.4 is 5.32 Å². The zero-order valence-corrected chi connectivity index (χ0v) is 12.9. The lowest BCUT2D eigenvalue weighted by atomic mass is 9.99. The van der Waals surface area contributed by atoms with Gasteiger partial charge < -0.3 is 15.0 Å². The summed E-state index contributed by atoms with van der Waals surface area (Å²) in [5.74, 6) is 0.278. The van der Waals surface area contributed by atoms with E-state index in [2.05, 4.69) is 5.32 Å². The molecule has 2 amide bonds. The second-order valence-corrected chi connectivity index (χ2v) is 6.10. The summed E-state index contributed by atoms with van der Waals surface area (Å²) in [7, 11) is 1.40. The van der Waals surface area contributed by atoms with Gasteiger partial charge in [0.25, 0.3) is 0 Å². The van der Waals surface area contributed by atoms with Gasteiger partial charge >= 0.3 is 6.09 Å². The van der Waals surface area contributed by atoms with Crippen LogP contribution in [-0.2, 0) is 22.5 Å². The van der Waals surface area contributed by atoms with Crippen molar-refractivity contribution in [3.05, 3.63) is 29.3 Å². The number of methoxy groups -OCH3 is 1. The number of rotatable bonds is 2. The van der Waals surface area contributed by atoms with E-state index < -0.39 is 0 Å². The van der Waals surface area contributed by atoms with Crippen molar-refractivity contribution in [2.45, 2.75) is 38.6 Å². The fourth-order valence-corrected chi connectivity index (χ4v) is 3.35. The molecular formula is C17H22N2O3. The van der Waals surface area contributed by atoms with Crippen LogP contribution in [0, 0.1) is 5.92 Å². The number of carbonyl (C=O) groups excluding carboxylic acids is 2. The molecule has 0 aromatic heterocycles. The van der Waals surface area contributed by atoms with Crippen LogP contribution in [0.5, 0.6) is 0 Å². The molecule has 1 aliphatic carbocycles. The molecule has 0 saturated heterocycles. The van der Waals surface area contributed by atoms with Crippen molar-refractivity contribution in [1.29, 1.82) is 0 Å². The Balaban J connectivity index is 1.70. The van der Waals surface area contributed by atoms with Gasteiger partial charge in [0, 0.05) is 24.7 Å². The van der Waals surface area contributed by atoms with Crippen LogP contribution >= 0.6 is 0 Å². The summed E-state index contributed by atoms with van der Waals surface area (Å²) in [6, 6.07) is 5.99. The Labute approximate surface area is 130 Å². The van der Waals surface area contributed by atoms with Gasteiger partial charge in [-0.3, -0.25) is 4.79 Å². The van der Waals surface area contributed by atoms with Gasteiger partial charge in [-0.2, -0.15) is 0 Å². The van der Waals surface area contributed by atoms with Crippen molar-refractivity contribution in [3.63, 3.8) is 0 Å². The monoisotopic (exact) mass is 302 g/mol. The molecule has 0 bridgehead atoms. The molecule has 1 saturated carbocycles. The molecule has 3 rings (SSSR count). The standard InChI is InChI=1S/C17H22N2O3/c1-22-17(21)19-9-8-12-6-7-15(10-14(12)11-19)18-16(20)13-4-2-3-5-13/h6-7,10,13H,2-5,8-9,11H2,1H3,(H,18,20). The zero-order chi connectivity index (χ0) is 15.5. The Morgan fingerprint density at radius 2 is 2.00 bits per heavy atom. The predicted octanol–water partition coefficient (Wildman–Crippen LogP) is 2.94. The van der Waals surface area contributed by atoms with Crippen LogP contribution in [0.15, 0.2) is 18.2 Å². The van der Waals surface area contributed by atoms with Gasteiger partial charge in [0.2, 0.25) is 5.91 Å². The Hall–Kier alpha value is -2.04. The number of ether oxygens (including phenoxy) is 1. The first-order valence-corrected chi connectivity index (χ1v) is 7.93. The van der Waals surface area contributed by atoms with E-state index in [0.717, 1.165) is 43.4 Å². The molecule has 0 radical (unpaired) electrons. The van der Waals surface area contributed by atoms with Gasteiger partial charge in [-0.15, -0.1) is 0 Å². The van der Waals surface area contributed by atoms with Gasteiger partial charge in [-0.25, -0.2) is 4.79 Å². The molecule has 118 valence electrons. The van der Waals surface area contributed by atoms with E-state index in [1.54, 1.807) is 4.90 Å². The number of benzene rings is 1. The lowest BCUT2D eigenvalue weighted by Gasteiger charge is -2.28. The molecule has 5 nitrogen and oxygen atoms in total. The summed E-state index contributed by atoms with van der Waals surface area (Å²) in [5.41, 5.74) is 3.14. The average Bonchev–Trinajstić information content (AvgIpc) is 3.08. The van der Waals surface area contributed by atoms with Gasteiger partial charge in [0.1, 0.15) is 0 Å². The zero-order valence-electron chi connectivity index (χ0n) is 12.9. The van der Waals surface area contributed by atoms with Crippen LogP contribution in [0.2, 0.25) is 0 Å². The van der Waals surface area contributed by atoms with E-state index in [4.69, 9.17) is 4.74 Å². The summed E-state index contributed by atoms with van der Waals surface area (Å²) in [6.07, 6.45) is 4.80. The first kappa shape index (κ1) is 14.9. The highest BCUT2D eigenvalue weighted by Gasteiger charge is 2.24. The highest BCUT2D eigenvalue weighted by molar-refractivity contribution is 5.92. The molecule has 1 N–H and O–H groups in total. The van der Waals surface area contributed by atoms with E-state index in [-0.39, 0.29) is 17.9 Å². The number of anilines is 1. The summed E-state index contributed by atoms with van der Waals surface area (Å²) in [5, 5.41) is 3.02. The van der Waals surface area contributed by atoms with E-state index in [1.165, 1.54) is 12.7 Å². The molecule has 5 heteroatoms. The maximum absolute atomic E-state index is 12.2. The lowest BCUT2D eigenvalue weighted by molar-refractivity contribution is -0.119. The number of carbonyl (C=O) groups is 2. The first-order valence-electron chi connectivity index (χ1n) is 7.93. The molecule has 2 aliphatic rings. The van der Waals surface area contributed by atoms with Crippen molar-refractivity contribution in [2.24, 2.45) is 5.92 Å². The predicted molar refractivity (Wildman–Crippen MR) is 83.5 cm³/mol. The third-order valence-corrected chi connectivity index (χ3v) is 4.64. The minimum absolute atomic E-state index is 0.123. The second kappa shape index (κ2) is 6.38. The lowest BCUT2D eigenvalue weighted by Crippen LogP contribution is -2.35. The van der Waals surface area contributed by atoms with E-state index in [1.807, 2.05) is 18.2 Å².